The minimum atomic E-state index is -0.519. The lowest BCUT2D eigenvalue weighted by molar-refractivity contribution is -0.117. The summed E-state index contributed by atoms with van der Waals surface area (Å²) in [6, 6.07) is 9.34. The average Bonchev–Trinajstić information content (AvgIpc) is 3.31. The quantitative estimate of drug-likeness (QED) is 0.743. The minimum absolute atomic E-state index is 0.0854. The number of aromatic nitrogens is 3. The Morgan fingerprint density at radius 2 is 1.88 bits per heavy atom. The topological polar surface area (TPSA) is 92.2 Å². The second kappa shape index (κ2) is 8.81. The molecule has 1 aliphatic rings. The highest BCUT2D eigenvalue weighted by Gasteiger charge is 2.20. The van der Waals surface area contributed by atoms with Gasteiger partial charge in [0.1, 0.15) is 0 Å². The van der Waals surface area contributed by atoms with Crippen LogP contribution in [0.1, 0.15) is 18.7 Å². The number of nitrogens with one attached hydrogen (secondary N) is 2. The Kier molecular flexibility index (Phi) is 6.24. The Balaban J connectivity index is 1.77. The van der Waals surface area contributed by atoms with E-state index in [0.717, 1.165) is 31.1 Å². The van der Waals surface area contributed by atoms with Gasteiger partial charge in [0.15, 0.2) is 11.0 Å². The molecule has 2 heterocycles. The van der Waals surface area contributed by atoms with Crippen LogP contribution >= 0.6 is 11.8 Å². The van der Waals surface area contributed by atoms with E-state index in [9.17, 15) is 9.59 Å². The van der Waals surface area contributed by atoms with E-state index in [2.05, 4.69) is 25.7 Å². The first kappa shape index (κ1) is 18.4. The van der Waals surface area contributed by atoms with Crippen LogP contribution in [0.5, 0.6) is 0 Å². The molecule has 3 amide bonds. The van der Waals surface area contributed by atoms with Crippen molar-refractivity contribution in [3.05, 3.63) is 36.2 Å². The molecule has 0 spiro atoms. The molecule has 0 saturated carbocycles. The summed E-state index contributed by atoms with van der Waals surface area (Å²) in [5, 5.41) is 13.9. The summed E-state index contributed by atoms with van der Waals surface area (Å²) in [6.07, 6.45) is 2.42. The molecule has 1 saturated heterocycles. The first-order valence-corrected chi connectivity index (χ1v) is 9.52. The number of carbonyl (C=O) groups is 2. The van der Waals surface area contributed by atoms with Gasteiger partial charge in [0.25, 0.3) is 0 Å². The summed E-state index contributed by atoms with van der Waals surface area (Å²) in [7, 11) is 1.46. The highest BCUT2D eigenvalue weighted by Crippen LogP contribution is 2.23. The number of imide groups is 1. The predicted octanol–water partition coefficient (Wildman–Crippen LogP) is 1.41. The van der Waals surface area contributed by atoms with Gasteiger partial charge >= 0.3 is 6.03 Å². The number of likely N-dealkylation sites (tertiary alicyclic amines) is 1. The van der Waals surface area contributed by atoms with Gasteiger partial charge in [-0.2, -0.15) is 0 Å². The van der Waals surface area contributed by atoms with Gasteiger partial charge in [0, 0.05) is 12.7 Å². The number of hydrogen-bond donors (Lipinski definition) is 2. The molecule has 0 radical (unpaired) electrons. The zero-order chi connectivity index (χ0) is 18.4. The molecule has 1 fully saturated rings. The average molecular weight is 374 g/mol. The number of carbonyl (C=O) groups excluding carboxylic acids is 2. The molecule has 1 aromatic carbocycles. The lowest BCUT2D eigenvalue weighted by atomic mass is 10.3. The molecule has 8 nitrogen and oxygen atoms in total. The summed E-state index contributed by atoms with van der Waals surface area (Å²) in [5.41, 5.74) is 0.959. The van der Waals surface area contributed by atoms with Gasteiger partial charge in [-0.3, -0.25) is 19.6 Å². The van der Waals surface area contributed by atoms with E-state index in [-0.39, 0.29) is 11.7 Å². The number of hydrogen-bond acceptors (Lipinski definition) is 6. The van der Waals surface area contributed by atoms with Crippen molar-refractivity contribution in [2.75, 3.05) is 25.9 Å². The number of thioether (sulfide) groups is 1. The van der Waals surface area contributed by atoms with Crippen LogP contribution in [-0.4, -0.2) is 57.5 Å². The fourth-order valence-electron chi connectivity index (χ4n) is 2.83. The first-order valence-electron chi connectivity index (χ1n) is 8.54. The molecule has 138 valence electrons. The van der Waals surface area contributed by atoms with E-state index in [1.807, 2.05) is 34.9 Å². The maximum Gasteiger partial charge on any atom is 0.321 e. The third kappa shape index (κ3) is 4.61. The van der Waals surface area contributed by atoms with Gasteiger partial charge in [-0.1, -0.05) is 30.0 Å². The van der Waals surface area contributed by atoms with E-state index in [4.69, 9.17) is 0 Å². The smallest absolute Gasteiger partial charge is 0.321 e. The number of para-hydroxylation sites is 1. The molecule has 3 rings (SSSR count). The SMILES string of the molecule is CNC(=O)NC(=O)CSc1nnc(CN2CCCC2)n1-c1ccccc1. The third-order valence-electron chi connectivity index (χ3n) is 4.09. The van der Waals surface area contributed by atoms with E-state index in [1.165, 1.54) is 31.7 Å². The number of urea groups is 1. The standard InChI is InChI=1S/C17H22N6O2S/c1-18-16(25)19-15(24)12-26-17-21-20-14(11-22-9-5-6-10-22)23(17)13-7-3-2-4-8-13/h2-4,7-8H,5-6,9-12H2,1H3,(H2,18,19,24,25). The van der Waals surface area contributed by atoms with Crippen LogP contribution in [0.15, 0.2) is 35.5 Å². The highest BCUT2D eigenvalue weighted by atomic mass is 32.2. The summed E-state index contributed by atoms with van der Waals surface area (Å²) in [4.78, 5) is 25.4. The second-order valence-corrected chi connectivity index (χ2v) is 6.91. The van der Waals surface area contributed by atoms with Crippen LogP contribution < -0.4 is 10.6 Å². The number of nitrogens with zero attached hydrogens (tertiary/aromatic N) is 4. The van der Waals surface area contributed by atoms with Gasteiger partial charge in [-0.15, -0.1) is 10.2 Å². The zero-order valence-corrected chi connectivity index (χ0v) is 15.5. The number of rotatable bonds is 6. The Hall–Kier alpha value is -2.39. The maximum atomic E-state index is 11.9. The van der Waals surface area contributed by atoms with Crippen LogP contribution in [0.3, 0.4) is 0 Å². The molecule has 0 aliphatic carbocycles. The normalized spacial score (nSPS) is 14.3. The van der Waals surface area contributed by atoms with Crippen LogP contribution in [0.4, 0.5) is 4.79 Å². The molecule has 2 aromatic rings. The van der Waals surface area contributed by atoms with Crippen LogP contribution in [-0.2, 0) is 11.3 Å². The van der Waals surface area contributed by atoms with E-state index < -0.39 is 6.03 Å². The highest BCUT2D eigenvalue weighted by molar-refractivity contribution is 7.99. The molecular formula is C17H22N6O2S. The van der Waals surface area contributed by atoms with E-state index in [1.54, 1.807) is 0 Å². The Morgan fingerprint density at radius 3 is 2.58 bits per heavy atom. The molecule has 0 bridgehead atoms. The van der Waals surface area contributed by atoms with Crippen LogP contribution in [0.2, 0.25) is 0 Å². The maximum absolute atomic E-state index is 11.9. The van der Waals surface area contributed by atoms with Gasteiger partial charge in [-0.05, 0) is 38.1 Å². The van der Waals surface area contributed by atoms with E-state index >= 15 is 0 Å². The van der Waals surface area contributed by atoms with Crippen molar-refractivity contribution < 1.29 is 9.59 Å². The molecule has 1 aliphatic heterocycles. The number of amides is 3. The lowest BCUT2D eigenvalue weighted by Gasteiger charge is -2.15. The largest absolute Gasteiger partial charge is 0.341 e. The summed E-state index contributed by atoms with van der Waals surface area (Å²) in [5.74, 6) is 0.563. The zero-order valence-electron chi connectivity index (χ0n) is 14.6. The van der Waals surface area contributed by atoms with Crippen molar-refractivity contribution >= 4 is 23.7 Å². The van der Waals surface area contributed by atoms with Crippen LogP contribution in [0, 0.1) is 0 Å². The van der Waals surface area contributed by atoms with Crippen molar-refractivity contribution in [1.82, 2.24) is 30.3 Å². The summed E-state index contributed by atoms with van der Waals surface area (Å²) >= 11 is 1.26. The lowest BCUT2D eigenvalue weighted by Crippen LogP contribution is -2.38. The third-order valence-corrected chi connectivity index (χ3v) is 5.02. The van der Waals surface area contributed by atoms with Crippen molar-refractivity contribution in [3.63, 3.8) is 0 Å². The number of benzene rings is 1. The molecule has 9 heteroatoms. The molecule has 26 heavy (non-hydrogen) atoms. The molecule has 0 atom stereocenters. The monoisotopic (exact) mass is 374 g/mol. The fourth-order valence-corrected chi connectivity index (χ4v) is 3.60. The fraction of sp³-hybridized carbons (Fsp3) is 0.412. The second-order valence-electron chi connectivity index (χ2n) is 5.97. The van der Waals surface area contributed by atoms with Crippen molar-refractivity contribution in [1.29, 1.82) is 0 Å². The first-order chi connectivity index (χ1) is 12.7. The molecule has 0 unspecified atom stereocenters. The minimum Gasteiger partial charge on any atom is -0.341 e. The van der Waals surface area contributed by atoms with Gasteiger partial charge in [0.2, 0.25) is 5.91 Å². The Labute approximate surface area is 156 Å². The van der Waals surface area contributed by atoms with Gasteiger partial charge < -0.3 is 5.32 Å². The van der Waals surface area contributed by atoms with Gasteiger partial charge in [0.05, 0.1) is 12.3 Å². The summed E-state index contributed by atoms with van der Waals surface area (Å²) < 4.78 is 1.98. The van der Waals surface area contributed by atoms with Crippen molar-refractivity contribution in [2.24, 2.45) is 0 Å². The van der Waals surface area contributed by atoms with Crippen LogP contribution in [0.25, 0.3) is 5.69 Å². The molecular weight excluding hydrogens is 352 g/mol. The predicted molar refractivity (Wildman–Crippen MR) is 99.2 cm³/mol. The molecule has 2 N–H and O–H groups in total. The molecule has 1 aromatic heterocycles. The Bertz CT molecular complexity index is 758. The van der Waals surface area contributed by atoms with Crippen molar-refractivity contribution in [2.45, 2.75) is 24.5 Å². The van der Waals surface area contributed by atoms with Crippen molar-refractivity contribution in [3.8, 4) is 5.69 Å². The Morgan fingerprint density at radius 1 is 1.15 bits per heavy atom. The summed E-state index contributed by atoms with van der Waals surface area (Å²) in [6.45, 7) is 2.87. The van der Waals surface area contributed by atoms with E-state index in [0.29, 0.717) is 5.16 Å². The van der Waals surface area contributed by atoms with Gasteiger partial charge in [-0.25, -0.2) is 4.79 Å².